The van der Waals surface area contributed by atoms with Crippen LogP contribution < -0.4 is 0 Å². The highest BCUT2D eigenvalue weighted by atomic mass is 79.9. The summed E-state index contributed by atoms with van der Waals surface area (Å²) in [6.45, 7) is 0.454. The molecule has 0 fully saturated rings. The normalized spacial score (nSPS) is 14.5. The highest BCUT2D eigenvalue weighted by Crippen LogP contribution is 2.48. The number of ether oxygens (including phenoxy) is 1. The van der Waals surface area contributed by atoms with E-state index >= 15 is 0 Å². The van der Waals surface area contributed by atoms with E-state index in [0.29, 0.717) is 13.0 Å². The van der Waals surface area contributed by atoms with Gasteiger partial charge in [-0.15, -0.1) is 0 Å². The van der Waals surface area contributed by atoms with E-state index in [0.717, 1.165) is 5.56 Å². The molecule has 1 unspecified atom stereocenters. The molecule has 1 nitrogen and oxygen atoms in total. The van der Waals surface area contributed by atoms with Crippen LogP contribution in [-0.4, -0.2) is 25.8 Å². The molecular weight excluding hydrogens is 335 g/mol. The first-order valence-corrected chi connectivity index (χ1v) is 6.28. The Morgan fingerprint density at radius 3 is 2.05 bits per heavy atom. The van der Waals surface area contributed by atoms with Crippen LogP contribution in [-0.2, 0) is 11.2 Å². The maximum Gasteiger partial charge on any atom is 0.454 e. The van der Waals surface area contributed by atoms with Crippen LogP contribution in [0.5, 0.6) is 0 Å². The topological polar surface area (TPSA) is 9.23 Å². The molecule has 0 aliphatic carbocycles. The summed E-state index contributed by atoms with van der Waals surface area (Å²) in [6.07, 6.45) is -5.02. The number of halogens is 6. The number of hydrogen-bond donors (Lipinski definition) is 0. The fraction of sp³-hybridized carbons (Fsp3) is 0.500. The van der Waals surface area contributed by atoms with Crippen molar-refractivity contribution < 1.29 is 26.7 Å². The molecule has 0 aliphatic heterocycles. The predicted molar refractivity (Wildman–Crippen MR) is 64.7 cm³/mol. The van der Waals surface area contributed by atoms with Crippen LogP contribution in [0.2, 0.25) is 0 Å². The van der Waals surface area contributed by atoms with Gasteiger partial charge in [-0.2, -0.15) is 22.0 Å². The molecule has 0 radical (unpaired) electrons. The molecular formula is C12H12BrF5O. The molecule has 1 atom stereocenters. The van der Waals surface area contributed by atoms with E-state index in [1.54, 1.807) is 0 Å². The van der Waals surface area contributed by atoms with Crippen molar-refractivity contribution in [3.63, 3.8) is 0 Å². The van der Waals surface area contributed by atoms with Crippen molar-refractivity contribution in [3.8, 4) is 0 Å². The molecule has 0 aromatic heterocycles. The van der Waals surface area contributed by atoms with Gasteiger partial charge in [-0.05, 0) is 17.5 Å². The molecule has 0 heterocycles. The molecule has 7 heteroatoms. The van der Waals surface area contributed by atoms with Crippen LogP contribution in [0, 0.1) is 0 Å². The van der Waals surface area contributed by atoms with Gasteiger partial charge in [-0.1, -0.05) is 40.2 Å². The summed E-state index contributed by atoms with van der Waals surface area (Å²) in [7, 11) is 1.52. The van der Waals surface area contributed by atoms with Crippen molar-refractivity contribution in [2.45, 2.75) is 23.3 Å². The van der Waals surface area contributed by atoms with Gasteiger partial charge < -0.3 is 4.74 Å². The monoisotopic (exact) mass is 346 g/mol. The van der Waals surface area contributed by atoms with E-state index in [1.807, 2.05) is 0 Å². The molecule has 1 aromatic rings. The third-order valence-electron chi connectivity index (χ3n) is 2.56. The second kappa shape index (κ2) is 6.17. The zero-order valence-electron chi connectivity index (χ0n) is 9.98. The predicted octanol–water partition coefficient (Wildman–Crippen LogP) is 4.51. The van der Waals surface area contributed by atoms with Gasteiger partial charge in [0, 0.05) is 7.11 Å². The van der Waals surface area contributed by atoms with E-state index in [9.17, 15) is 22.0 Å². The van der Waals surface area contributed by atoms with Gasteiger partial charge in [0.05, 0.1) is 6.61 Å². The van der Waals surface area contributed by atoms with Crippen LogP contribution in [0.1, 0.15) is 16.0 Å². The van der Waals surface area contributed by atoms with E-state index in [4.69, 9.17) is 4.74 Å². The number of alkyl halides is 6. The quantitative estimate of drug-likeness (QED) is 0.563. The van der Waals surface area contributed by atoms with Crippen LogP contribution >= 0.6 is 15.9 Å². The first-order valence-electron chi connectivity index (χ1n) is 5.36. The first kappa shape index (κ1) is 16.4. The fourth-order valence-corrected chi connectivity index (χ4v) is 1.99. The van der Waals surface area contributed by atoms with Gasteiger partial charge in [0.2, 0.25) is 0 Å². The summed E-state index contributed by atoms with van der Waals surface area (Å²) < 4.78 is 67.7. The number of benzene rings is 1. The van der Waals surface area contributed by atoms with E-state index < -0.39 is 16.9 Å². The fourth-order valence-electron chi connectivity index (χ4n) is 1.43. The summed E-state index contributed by atoms with van der Waals surface area (Å²) >= 11 is 2.43. The Balaban J connectivity index is 2.86. The molecule has 1 aromatic carbocycles. The third-order valence-corrected chi connectivity index (χ3v) is 3.67. The van der Waals surface area contributed by atoms with Gasteiger partial charge in [0.15, 0.2) is 0 Å². The highest BCUT2D eigenvalue weighted by Gasteiger charge is 2.62. The lowest BCUT2D eigenvalue weighted by Gasteiger charge is -2.24. The number of rotatable bonds is 5. The van der Waals surface area contributed by atoms with E-state index in [1.165, 1.54) is 31.4 Å². The molecule has 0 N–H and O–H groups in total. The van der Waals surface area contributed by atoms with Gasteiger partial charge in [0.25, 0.3) is 0 Å². The first-order chi connectivity index (χ1) is 8.70. The molecule has 0 bridgehead atoms. The van der Waals surface area contributed by atoms with Crippen LogP contribution in [0.25, 0.3) is 0 Å². The van der Waals surface area contributed by atoms with Gasteiger partial charge in [0.1, 0.15) is 4.83 Å². The van der Waals surface area contributed by atoms with Crippen molar-refractivity contribution in [1.29, 1.82) is 0 Å². The highest BCUT2D eigenvalue weighted by molar-refractivity contribution is 9.09. The minimum Gasteiger partial charge on any atom is -0.384 e. The van der Waals surface area contributed by atoms with Crippen molar-refractivity contribution >= 4 is 15.9 Å². The lowest BCUT2D eigenvalue weighted by atomic mass is 10.0. The second-order valence-corrected chi connectivity index (χ2v) is 4.88. The van der Waals surface area contributed by atoms with Crippen LogP contribution in [0.3, 0.4) is 0 Å². The van der Waals surface area contributed by atoms with Crippen molar-refractivity contribution in [2.24, 2.45) is 0 Å². The Hall–Kier alpha value is -0.690. The third kappa shape index (κ3) is 3.89. The number of methoxy groups -OCH3 is 1. The lowest BCUT2D eigenvalue weighted by Crippen LogP contribution is -2.39. The summed E-state index contributed by atoms with van der Waals surface area (Å²) in [4.78, 5) is -2.10. The van der Waals surface area contributed by atoms with Gasteiger partial charge >= 0.3 is 12.1 Å². The Morgan fingerprint density at radius 1 is 1.11 bits per heavy atom. The summed E-state index contributed by atoms with van der Waals surface area (Å²) in [6, 6.07) is 5.53. The molecule has 0 saturated heterocycles. The minimum atomic E-state index is -5.59. The van der Waals surface area contributed by atoms with Crippen molar-refractivity contribution in [1.82, 2.24) is 0 Å². The number of hydrogen-bond acceptors (Lipinski definition) is 1. The van der Waals surface area contributed by atoms with Crippen molar-refractivity contribution in [2.75, 3.05) is 13.7 Å². The average Bonchev–Trinajstić information content (AvgIpc) is 2.34. The smallest absolute Gasteiger partial charge is 0.384 e. The largest absolute Gasteiger partial charge is 0.454 e. The maximum absolute atomic E-state index is 13.1. The molecule has 0 saturated carbocycles. The second-order valence-electron chi connectivity index (χ2n) is 3.97. The standard InChI is InChI=1S/C12H12BrF5O/c1-19-7-6-8-2-4-9(5-3-8)10(13)11(14,15)12(16,17)18/h2-5,10H,6-7H2,1H3. The van der Waals surface area contributed by atoms with E-state index in [-0.39, 0.29) is 5.56 Å². The minimum absolute atomic E-state index is 0.122. The zero-order chi connectivity index (χ0) is 14.7. The Morgan fingerprint density at radius 2 is 1.63 bits per heavy atom. The Kier molecular flexibility index (Phi) is 5.32. The zero-order valence-corrected chi connectivity index (χ0v) is 11.6. The molecule has 0 aliphatic rings. The Labute approximate surface area is 115 Å². The molecule has 0 spiro atoms. The summed E-state index contributed by atoms with van der Waals surface area (Å²) in [5, 5.41) is 0. The van der Waals surface area contributed by atoms with Gasteiger partial charge in [-0.25, -0.2) is 0 Å². The van der Waals surface area contributed by atoms with Gasteiger partial charge in [-0.3, -0.25) is 0 Å². The van der Waals surface area contributed by atoms with Crippen molar-refractivity contribution in [3.05, 3.63) is 35.4 Å². The summed E-state index contributed by atoms with van der Waals surface area (Å²) in [5.41, 5.74) is 0.684. The van der Waals surface area contributed by atoms with Crippen LogP contribution in [0.4, 0.5) is 22.0 Å². The maximum atomic E-state index is 13.1. The van der Waals surface area contributed by atoms with E-state index in [2.05, 4.69) is 15.9 Å². The summed E-state index contributed by atoms with van der Waals surface area (Å²) in [5.74, 6) is -4.82. The molecule has 1 rings (SSSR count). The Bertz CT molecular complexity index is 402. The molecule has 108 valence electrons. The molecule has 0 amide bonds. The average molecular weight is 347 g/mol. The molecule has 19 heavy (non-hydrogen) atoms. The SMILES string of the molecule is COCCc1ccc(C(Br)C(F)(F)C(F)(F)F)cc1. The lowest BCUT2D eigenvalue weighted by molar-refractivity contribution is -0.281. The van der Waals surface area contributed by atoms with Crippen LogP contribution in [0.15, 0.2) is 24.3 Å².